The number of carbonyl (C=O) groups is 1. The van der Waals surface area contributed by atoms with E-state index in [-0.39, 0.29) is 24.2 Å². The largest absolute Gasteiger partial charge is 0.353 e. The van der Waals surface area contributed by atoms with Gasteiger partial charge in [-0.3, -0.25) is 4.79 Å². The smallest absolute Gasteiger partial charge is 0.223 e. The summed E-state index contributed by atoms with van der Waals surface area (Å²) in [4.78, 5) is 12.4. The van der Waals surface area contributed by atoms with Crippen molar-refractivity contribution in [2.75, 3.05) is 13.1 Å². The third kappa shape index (κ3) is 5.97. The zero-order valence-electron chi connectivity index (χ0n) is 12.4. The fraction of sp³-hybridized carbons (Fsp3) is 0.562. The zero-order valence-corrected chi connectivity index (χ0v) is 14.8. The summed E-state index contributed by atoms with van der Waals surface area (Å²) in [6, 6.07) is 8.57. The molecule has 2 rings (SSSR count). The number of hydrogen-bond donors (Lipinski definition) is 2. The lowest BCUT2D eigenvalue weighted by Gasteiger charge is -2.26. The lowest BCUT2D eigenvalue weighted by Crippen LogP contribution is -2.45. The summed E-state index contributed by atoms with van der Waals surface area (Å²) < 4.78 is 1.07. The van der Waals surface area contributed by atoms with Gasteiger partial charge in [-0.25, -0.2) is 0 Å². The van der Waals surface area contributed by atoms with Gasteiger partial charge < -0.3 is 10.6 Å². The van der Waals surface area contributed by atoms with Crippen LogP contribution in [-0.2, 0) is 11.2 Å². The van der Waals surface area contributed by atoms with Crippen molar-refractivity contribution in [3.63, 3.8) is 0 Å². The summed E-state index contributed by atoms with van der Waals surface area (Å²) in [6.45, 7) is 4.10. The second kappa shape index (κ2) is 9.44. The minimum atomic E-state index is 0. The van der Waals surface area contributed by atoms with Gasteiger partial charge in [-0.2, -0.15) is 0 Å². The molecular formula is C16H24BrClN2O. The number of benzene rings is 1. The van der Waals surface area contributed by atoms with Gasteiger partial charge in [-0.15, -0.1) is 12.4 Å². The predicted molar refractivity (Wildman–Crippen MR) is 92.9 cm³/mol. The maximum atomic E-state index is 12.4. The van der Waals surface area contributed by atoms with Gasteiger partial charge in [0.05, 0.1) is 0 Å². The molecule has 5 heteroatoms. The van der Waals surface area contributed by atoms with E-state index in [0.717, 1.165) is 43.2 Å². The summed E-state index contributed by atoms with van der Waals surface area (Å²) >= 11 is 3.48. The summed E-state index contributed by atoms with van der Waals surface area (Å²) in [7, 11) is 0. The van der Waals surface area contributed by atoms with Gasteiger partial charge in [0, 0.05) is 16.4 Å². The Labute approximate surface area is 141 Å². The fourth-order valence-corrected chi connectivity index (χ4v) is 3.10. The molecular weight excluding hydrogens is 352 g/mol. The van der Waals surface area contributed by atoms with Crippen LogP contribution >= 0.6 is 28.3 Å². The van der Waals surface area contributed by atoms with Crippen LogP contribution in [0.5, 0.6) is 0 Å². The molecule has 1 amide bonds. The van der Waals surface area contributed by atoms with Crippen molar-refractivity contribution in [2.45, 2.75) is 38.6 Å². The van der Waals surface area contributed by atoms with Gasteiger partial charge in [-0.1, -0.05) is 35.0 Å². The quantitative estimate of drug-likeness (QED) is 0.829. The third-order valence-corrected chi connectivity index (χ3v) is 4.41. The summed E-state index contributed by atoms with van der Waals surface area (Å²) in [6.07, 6.45) is 3.77. The molecule has 0 bridgehead atoms. The molecule has 0 radical (unpaired) electrons. The SMILES string of the molecule is CCC(Cc1cccc(Br)c1)C(=O)NC1CCNCC1.Cl. The molecule has 1 saturated heterocycles. The standard InChI is InChI=1S/C16H23BrN2O.ClH/c1-2-13(10-12-4-3-5-14(17)11-12)16(20)19-15-6-8-18-9-7-15;/h3-5,11,13,15,18H,2,6-10H2,1H3,(H,19,20);1H. The first-order chi connectivity index (χ1) is 9.69. The van der Waals surface area contributed by atoms with Crippen LogP contribution in [0.1, 0.15) is 31.7 Å². The van der Waals surface area contributed by atoms with E-state index in [4.69, 9.17) is 0 Å². The van der Waals surface area contributed by atoms with Crippen LogP contribution in [0.25, 0.3) is 0 Å². The topological polar surface area (TPSA) is 41.1 Å². The first-order valence-electron chi connectivity index (χ1n) is 7.44. The van der Waals surface area contributed by atoms with Crippen LogP contribution in [0, 0.1) is 5.92 Å². The Morgan fingerprint density at radius 1 is 1.43 bits per heavy atom. The monoisotopic (exact) mass is 374 g/mol. The number of carbonyl (C=O) groups excluding carboxylic acids is 1. The van der Waals surface area contributed by atoms with Gasteiger partial charge in [0.25, 0.3) is 0 Å². The van der Waals surface area contributed by atoms with E-state index < -0.39 is 0 Å². The Morgan fingerprint density at radius 3 is 2.76 bits per heavy atom. The van der Waals surface area contributed by atoms with Crippen molar-refractivity contribution in [3.8, 4) is 0 Å². The summed E-state index contributed by atoms with van der Waals surface area (Å²) in [5, 5.41) is 6.53. The van der Waals surface area contributed by atoms with Crippen molar-refractivity contribution in [3.05, 3.63) is 34.3 Å². The zero-order chi connectivity index (χ0) is 14.4. The van der Waals surface area contributed by atoms with E-state index in [9.17, 15) is 4.79 Å². The molecule has 0 aliphatic carbocycles. The minimum Gasteiger partial charge on any atom is -0.353 e. The molecule has 1 unspecified atom stereocenters. The van der Waals surface area contributed by atoms with Gasteiger partial charge in [0.15, 0.2) is 0 Å². The summed E-state index contributed by atoms with van der Waals surface area (Å²) in [5.41, 5.74) is 1.21. The van der Waals surface area contributed by atoms with Crippen LogP contribution in [-0.4, -0.2) is 25.0 Å². The van der Waals surface area contributed by atoms with Crippen molar-refractivity contribution in [1.82, 2.24) is 10.6 Å². The molecule has 1 aromatic rings. The normalized spacial score (nSPS) is 16.9. The fourth-order valence-electron chi connectivity index (χ4n) is 2.66. The molecule has 1 fully saturated rings. The number of hydrogen-bond acceptors (Lipinski definition) is 2. The van der Waals surface area contributed by atoms with Crippen LogP contribution in [0.15, 0.2) is 28.7 Å². The molecule has 1 aromatic carbocycles. The average Bonchev–Trinajstić information content (AvgIpc) is 2.46. The highest BCUT2D eigenvalue weighted by atomic mass is 79.9. The molecule has 1 atom stereocenters. The maximum absolute atomic E-state index is 12.4. The van der Waals surface area contributed by atoms with Gasteiger partial charge in [0.2, 0.25) is 5.91 Å². The van der Waals surface area contributed by atoms with E-state index in [1.54, 1.807) is 0 Å². The van der Waals surface area contributed by atoms with Crippen molar-refractivity contribution in [2.24, 2.45) is 5.92 Å². The van der Waals surface area contributed by atoms with Gasteiger partial charge in [-0.05, 0) is 56.5 Å². The lowest BCUT2D eigenvalue weighted by atomic mass is 9.95. The highest BCUT2D eigenvalue weighted by Crippen LogP contribution is 2.17. The van der Waals surface area contributed by atoms with Crippen molar-refractivity contribution < 1.29 is 4.79 Å². The van der Waals surface area contributed by atoms with E-state index in [2.05, 4.69) is 45.6 Å². The second-order valence-electron chi connectivity index (χ2n) is 5.47. The Balaban J connectivity index is 0.00000220. The van der Waals surface area contributed by atoms with E-state index in [1.807, 2.05) is 12.1 Å². The predicted octanol–water partition coefficient (Wildman–Crippen LogP) is 3.31. The van der Waals surface area contributed by atoms with Crippen LogP contribution in [0.3, 0.4) is 0 Å². The lowest BCUT2D eigenvalue weighted by molar-refractivity contribution is -0.126. The molecule has 118 valence electrons. The molecule has 3 nitrogen and oxygen atoms in total. The Morgan fingerprint density at radius 2 is 2.14 bits per heavy atom. The minimum absolute atomic E-state index is 0. The molecule has 0 spiro atoms. The summed E-state index contributed by atoms with van der Waals surface area (Å²) in [5.74, 6) is 0.276. The molecule has 1 aliphatic rings. The van der Waals surface area contributed by atoms with Crippen LogP contribution in [0.4, 0.5) is 0 Å². The van der Waals surface area contributed by atoms with E-state index in [0.29, 0.717) is 6.04 Å². The molecule has 1 aliphatic heterocycles. The van der Waals surface area contributed by atoms with Crippen LogP contribution in [0.2, 0.25) is 0 Å². The first-order valence-corrected chi connectivity index (χ1v) is 8.24. The molecule has 0 saturated carbocycles. The highest BCUT2D eigenvalue weighted by Gasteiger charge is 2.21. The van der Waals surface area contributed by atoms with Gasteiger partial charge in [0.1, 0.15) is 0 Å². The molecule has 0 aromatic heterocycles. The highest BCUT2D eigenvalue weighted by molar-refractivity contribution is 9.10. The number of nitrogens with one attached hydrogen (secondary N) is 2. The Bertz CT molecular complexity index is 450. The Hall–Kier alpha value is -0.580. The van der Waals surface area contributed by atoms with E-state index in [1.165, 1.54) is 5.56 Å². The first kappa shape index (κ1) is 18.5. The van der Waals surface area contributed by atoms with Crippen molar-refractivity contribution >= 4 is 34.2 Å². The second-order valence-corrected chi connectivity index (χ2v) is 6.39. The van der Waals surface area contributed by atoms with E-state index >= 15 is 0 Å². The number of piperidine rings is 1. The third-order valence-electron chi connectivity index (χ3n) is 3.92. The van der Waals surface area contributed by atoms with Crippen molar-refractivity contribution in [1.29, 1.82) is 0 Å². The molecule has 2 N–H and O–H groups in total. The number of amides is 1. The maximum Gasteiger partial charge on any atom is 0.223 e. The van der Waals surface area contributed by atoms with Crippen LogP contribution < -0.4 is 10.6 Å². The van der Waals surface area contributed by atoms with Gasteiger partial charge >= 0.3 is 0 Å². The number of rotatable bonds is 5. The molecule has 1 heterocycles. The number of halogens is 2. The molecule has 21 heavy (non-hydrogen) atoms. The average molecular weight is 376 g/mol. The Kier molecular flexibility index (Phi) is 8.30.